The van der Waals surface area contributed by atoms with E-state index in [0.29, 0.717) is 12.0 Å². The van der Waals surface area contributed by atoms with E-state index in [1.807, 2.05) is 0 Å². The van der Waals surface area contributed by atoms with E-state index in [4.69, 9.17) is 4.74 Å². The summed E-state index contributed by atoms with van der Waals surface area (Å²) in [4.78, 5) is 0. The van der Waals surface area contributed by atoms with Crippen LogP contribution in [0.1, 0.15) is 44.2 Å². The van der Waals surface area contributed by atoms with E-state index in [0.717, 1.165) is 24.0 Å². The topological polar surface area (TPSA) is 21.3 Å². The molecule has 2 rings (SSSR count). The minimum absolute atomic E-state index is 0.644. The van der Waals surface area contributed by atoms with Gasteiger partial charge in [0.05, 0.1) is 7.11 Å². The summed E-state index contributed by atoms with van der Waals surface area (Å²) >= 11 is 0. The molecule has 118 valence electrons. The van der Waals surface area contributed by atoms with Crippen molar-refractivity contribution in [2.24, 2.45) is 17.8 Å². The van der Waals surface area contributed by atoms with Crippen LogP contribution in [0.4, 0.5) is 0 Å². The van der Waals surface area contributed by atoms with Crippen LogP contribution in [0.5, 0.6) is 5.75 Å². The van der Waals surface area contributed by atoms with Gasteiger partial charge in [0.25, 0.3) is 0 Å². The summed E-state index contributed by atoms with van der Waals surface area (Å²) in [7, 11) is 3.89. The highest BCUT2D eigenvalue weighted by molar-refractivity contribution is 5.37. The first-order valence-corrected chi connectivity index (χ1v) is 8.36. The molecule has 21 heavy (non-hydrogen) atoms. The Balaban J connectivity index is 2.16. The van der Waals surface area contributed by atoms with Crippen molar-refractivity contribution in [3.05, 3.63) is 29.3 Å². The summed E-state index contributed by atoms with van der Waals surface area (Å²) in [6, 6.07) is 7.19. The highest BCUT2D eigenvalue weighted by Gasteiger charge is 2.31. The molecule has 1 N–H and O–H groups in total. The highest BCUT2D eigenvalue weighted by atomic mass is 16.5. The van der Waals surface area contributed by atoms with E-state index in [2.05, 4.69) is 51.3 Å². The molecule has 1 fully saturated rings. The minimum atomic E-state index is 0.644. The van der Waals surface area contributed by atoms with Gasteiger partial charge in [0, 0.05) is 6.04 Å². The lowest BCUT2D eigenvalue weighted by Crippen LogP contribution is -2.40. The van der Waals surface area contributed by atoms with Gasteiger partial charge in [-0.1, -0.05) is 31.5 Å². The third-order valence-corrected chi connectivity index (χ3v) is 5.25. The predicted molar refractivity (Wildman–Crippen MR) is 90.0 cm³/mol. The van der Waals surface area contributed by atoms with Crippen molar-refractivity contribution in [3.63, 3.8) is 0 Å². The average Bonchev–Trinajstić information content (AvgIpc) is 2.47. The van der Waals surface area contributed by atoms with Gasteiger partial charge in [-0.05, 0) is 69.0 Å². The third kappa shape index (κ3) is 4.00. The van der Waals surface area contributed by atoms with Crippen molar-refractivity contribution < 1.29 is 4.74 Å². The van der Waals surface area contributed by atoms with Crippen LogP contribution in [0.15, 0.2) is 18.2 Å². The second-order valence-electron chi connectivity index (χ2n) is 6.99. The number of rotatable bonds is 5. The van der Waals surface area contributed by atoms with Crippen LogP contribution in [0, 0.1) is 24.7 Å². The zero-order valence-electron chi connectivity index (χ0n) is 14.3. The number of benzene rings is 1. The largest absolute Gasteiger partial charge is 0.496 e. The lowest BCUT2D eigenvalue weighted by molar-refractivity contribution is 0.172. The Hall–Kier alpha value is -1.02. The molecule has 3 unspecified atom stereocenters. The van der Waals surface area contributed by atoms with Gasteiger partial charge in [0.1, 0.15) is 5.75 Å². The maximum Gasteiger partial charge on any atom is 0.122 e. The van der Waals surface area contributed by atoms with Gasteiger partial charge >= 0.3 is 0 Å². The van der Waals surface area contributed by atoms with Crippen molar-refractivity contribution in [3.8, 4) is 5.75 Å². The standard InChI is InChI=1S/C19H31NO/c1-13(2)15-7-8-18(20-4)16(11-15)12-17-10-14(3)6-9-19(17)21-5/h6,9-10,13,15-16,18,20H,7-8,11-12H2,1-5H3. The Morgan fingerprint density at radius 1 is 1.29 bits per heavy atom. The smallest absolute Gasteiger partial charge is 0.122 e. The maximum absolute atomic E-state index is 5.56. The normalized spacial score (nSPS) is 26.1. The molecule has 2 heteroatoms. The van der Waals surface area contributed by atoms with E-state index in [1.165, 1.54) is 30.4 Å². The van der Waals surface area contributed by atoms with Gasteiger partial charge in [-0.3, -0.25) is 0 Å². The molecule has 0 bridgehead atoms. The molecule has 1 aliphatic rings. The number of hydrogen-bond acceptors (Lipinski definition) is 2. The van der Waals surface area contributed by atoms with Crippen molar-refractivity contribution in [2.45, 2.75) is 52.5 Å². The number of ether oxygens (including phenoxy) is 1. The van der Waals surface area contributed by atoms with E-state index >= 15 is 0 Å². The summed E-state index contributed by atoms with van der Waals surface area (Å²) in [6.45, 7) is 6.90. The molecule has 1 saturated carbocycles. The minimum Gasteiger partial charge on any atom is -0.496 e. The van der Waals surface area contributed by atoms with Gasteiger partial charge in [-0.25, -0.2) is 0 Å². The number of methoxy groups -OCH3 is 1. The van der Waals surface area contributed by atoms with Crippen LogP contribution < -0.4 is 10.1 Å². The lowest BCUT2D eigenvalue weighted by atomic mass is 9.71. The summed E-state index contributed by atoms with van der Waals surface area (Å²) < 4.78 is 5.56. The van der Waals surface area contributed by atoms with Crippen LogP contribution in [-0.4, -0.2) is 20.2 Å². The average molecular weight is 289 g/mol. The molecule has 1 aromatic carbocycles. The first-order chi connectivity index (χ1) is 10.0. The molecule has 0 heterocycles. The molecule has 0 saturated heterocycles. The molecule has 0 amide bonds. The summed E-state index contributed by atoms with van der Waals surface area (Å²) in [5.41, 5.74) is 2.69. The molecule has 3 atom stereocenters. The zero-order valence-corrected chi connectivity index (χ0v) is 14.3. The fraction of sp³-hybridized carbons (Fsp3) is 0.684. The molecule has 1 aromatic rings. The second-order valence-corrected chi connectivity index (χ2v) is 6.99. The van der Waals surface area contributed by atoms with Crippen LogP contribution in [0.2, 0.25) is 0 Å². The second kappa shape index (κ2) is 7.31. The molecule has 0 radical (unpaired) electrons. The Labute approximate surface area is 130 Å². The van der Waals surface area contributed by atoms with Gasteiger partial charge in [0.2, 0.25) is 0 Å². The number of aryl methyl sites for hydroxylation is 1. The van der Waals surface area contributed by atoms with Crippen LogP contribution >= 0.6 is 0 Å². The van der Waals surface area contributed by atoms with Crippen molar-refractivity contribution in [1.82, 2.24) is 5.32 Å². The quantitative estimate of drug-likeness (QED) is 0.877. The predicted octanol–water partition coefficient (Wildman–Crippen LogP) is 4.21. The lowest BCUT2D eigenvalue weighted by Gasteiger charge is -2.38. The Bertz CT molecular complexity index is 455. The van der Waals surface area contributed by atoms with Crippen LogP contribution in [-0.2, 0) is 6.42 Å². The van der Waals surface area contributed by atoms with Gasteiger partial charge in [-0.15, -0.1) is 0 Å². The summed E-state index contributed by atoms with van der Waals surface area (Å²) in [5, 5.41) is 3.55. The van der Waals surface area contributed by atoms with E-state index in [9.17, 15) is 0 Å². The fourth-order valence-corrected chi connectivity index (χ4v) is 3.86. The van der Waals surface area contributed by atoms with Gasteiger partial charge in [-0.2, -0.15) is 0 Å². The summed E-state index contributed by atoms with van der Waals surface area (Å²) in [5.74, 6) is 3.43. The first kappa shape index (κ1) is 16.4. The highest BCUT2D eigenvalue weighted by Crippen LogP contribution is 2.37. The van der Waals surface area contributed by atoms with Crippen molar-refractivity contribution in [1.29, 1.82) is 0 Å². The Morgan fingerprint density at radius 2 is 2.05 bits per heavy atom. The fourth-order valence-electron chi connectivity index (χ4n) is 3.86. The van der Waals surface area contributed by atoms with E-state index < -0.39 is 0 Å². The maximum atomic E-state index is 5.56. The molecule has 0 spiro atoms. The van der Waals surface area contributed by atoms with E-state index in [-0.39, 0.29) is 0 Å². The first-order valence-electron chi connectivity index (χ1n) is 8.36. The number of hydrogen-bond donors (Lipinski definition) is 1. The summed E-state index contributed by atoms with van der Waals surface area (Å²) in [6.07, 6.45) is 5.13. The molecule has 0 aliphatic heterocycles. The molecule has 2 nitrogen and oxygen atoms in total. The Kier molecular flexibility index (Phi) is 5.69. The molecule has 0 aromatic heterocycles. The number of nitrogens with one attached hydrogen (secondary N) is 1. The molecular formula is C19H31NO. The van der Waals surface area contributed by atoms with Gasteiger partial charge < -0.3 is 10.1 Å². The molecule has 1 aliphatic carbocycles. The monoisotopic (exact) mass is 289 g/mol. The van der Waals surface area contributed by atoms with Gasteiger partial charge in [0.15, 0.2) is 0 Å². The zero-order chi connectivity index (χ0) is 15.4. The van der Waals surface area contributed by atoms with Crippen molar-refractivity contribution >= 4 is 0 Å². The Morgan fingerprint density at radius 3 is 2.67 bits per heavy atom. The SMILES string of the molecule is CNC1CCC(C(C)C)CC1Cc1cc(C)ccc1OC. The molecular weight excluding hydrogens is 258 g/mol. The van der Waals surface area contributed by atoms with Crippen LogP contribution in [0.3, 0.4) is 0 Å². The third-order valence-electron chi connectivity index (χ3n) is 5.25. The van der Waals surface area contributed by atoms with E-state index in [1.54, 1.807) is 7.11 Å². The van der Waals surface area contributed by atoms with Crippen LogP contribution in [0.25, 0.3) is 0 Å². The van der Waals surface area contributed by atoms with Crippen molar-refractivity contribution in [2.75, 3.05) is 14.2 Å².